The maximum atomic E-state index is 11.7. The molecule has 1 aromatic rings. The molecule has 1 saturated carbocycles. The summed E-state index contributed by atoms with van der Waals surface area (Å²) in [6.45, 7) is 1.56. The van der Waals surface area contributed by atoms with E-state index >= 15 is 0 Å². The first-order chi connectivity index (χ1) is 7.63. The van der Waals surface area contributed by atoms with E-state index in [2.05, 4.69) is 15.2 Å². The molecule has 6 nitrogen and oxygen atoms in total. The van der Waals surface area contributed by atoms with Crippen LogP contribution in [0.5, 0.6) is 0 Å². The first-order valence-corrected chi connectivity index (χ1v) is 4.99. The summed E-state index contributed by atoms with van der Waals surface area (Å²) >= 11 is 0. The minimum Gasteiger partial charge on any atom is -0.465 e. The Hall–Kier alpha value is -1.85. The van der Waals surface area contributed by atoms with Crippen LogP contribution >= 0.6 is 0 Å². The molecule has 1 fully saturated rings. The van der Waals surface area contributed by atoms with Crippen molar-refractivity contribution in [1.29, 1.82) is 0 Å². The van der Waals surface area contributed by atoms with Crippen LogP contribution in [0, 0.1) is 6.92 Å². The van der Waals surface area contributed by atoms with Crippen molar-refractivity contribution in [2.75, 3.05) is 7.11 Å². The number of nitrogens with one attached hydrogen (secondary N) is 1. The van der Waals surface area contributed by atoms with E-state index in [0.29, 0.717) is 0 Å². The number of esters is 1. The molecule has 0 saturated heterocycles. The molecule has 86 valence electrons. The number of methoxy groups -OCH3 is 1. The van der Waals surface area contributed by atoms with Gasteiger partial charge in [0.1, 0.15) is 11.3 Å². The first kappa shape index (κ1) is 10.7. The lowest BCUT2D eigenvalue weighted by molar-refractivity contribution is 0.0594. The lowest BCUT2D eigenvalue weighted by Gasteiger charge is -2.01. The third-order valence-corrected chi connectivity index (χ3v) is 2.38. The highest BCUT2D eigenvalue weighted by molar-refractivity contribution is 6.04. The van der Waals surface area contributed by atoms with E-state index in [0.717, 1.165) is 12.8 Å². The summed E-state index contributed by atoms with van der Waals surface area (Å²) in [5.41, 5.74) is 0.0944. The molecule has 0 radical (unpaired) electrons. The highest BCUT2D eigenvalue weighted by atomic mass is 16.5. The summed E-state index contributed by atoms with van der Waals surface area (Å²) in [4.78, 5) is 23.1. The molecule has 1 aliphatic carbocycles. The van der Waals surface area contributed by atoms with Gasteiger partial charge in [-0.15, -0.1) is 0 Å². The maximum absolute atomic E-state index is 11.7. The zero-order chi connectivity index (χ0) is 11.7. The standard InChI is InChI=1S/C10H12N2O4/c1-5-7(10(14)15-2)8(12-16-5)9(13)11-6-3-4-6/h6H,3-4H2,1-2H3,(H,11,13). The Morgan fingerprint density at radius 1 is 1.50 bits per heavy atom. The average molecular weight is 224 g/mol. The Morgan fingerprint density at radius 3 is 2.75 bits per heavy atom. The molecule has 2 rings (SSSR count). The van der Waals surface area contributed by atoms with Crippen LogP contribution in [0.4, 0.5) is 0 Å². The highest BCUT2D eigenvalue weighted by Gasteiger charge is 2.30. The van der Waals surface area contributed by atoms with E-state index in [-0.39, 0.29) is 29.0 Å². The van der Waals surface area contributed by atoms with Gasteiger partial charge in [-0.2, -0.15) is 0 Å². The van der Waals surface area contributed by atoms with Crippen LogP contribution in [-0.4, -0.2) is 30.2 Å². The molecule has 1 aliphatic rings. The zero-order valence-corrected chi connectivity index (χ0v) is 9.07. The zero-order valence-electron chi connectivity index (χ0n) is 9.07. The lowest BCUT2D eigenvalue weighted by Crippen LogP contribution is -2.27. The molecule has 6 heteroatoms. The van der Waals surface area contributed by atoms with E-state index in [9.17, 15) is 9.59 Å². The molecule has 0 aromatic carbocycles. The minimum absolute atomic E-state index is 0.00347. The number of amides is 1. The largest absolute Gasteiger partial charge is 0.465 e. The summed E-state index contributed by atoms with van der Waals surface area (Å²) in [6.07, 6.45) is 1.94. The Kier molecular flexibility index (Phi) is 2.64. The number of ether oxygens (including phenoxy) is 1. The van der Waals surface area contributed by atoms with E-state index in [1.54, 1.807) is 6.92 Å². The number of nitrogens with zero attached hydrogens (tertiary/aromatic N) is 1. The fraction of sp³-hybridized carbons (Fsp3) is 0.500. The number of carbonyl (C=O) groups excluding carboxylic acids is 2. The lowest BCUT2D eigenvalue weighted by atomic mass is 10.2. The van der Waals surface area contributed by atoms with Crippen LogP contribution in [0.1, 0.15) is 39.4 Å². The van der Waals surface area contributed by atoms with Crippen LogP contribution in [0.25, 0.3) is 0 Å². The predicted octanol–water partition coefficient (Wildman–Crippen LogP) is 0.662. The Balaban J connectivity index is 2.25. The van der Waals surface area contributed by atoms with Crippen molar-refractivity contribution in [3.63, 3.8) is 0 Å². The fourth-order valence-electron chi connectivity index (χ4n) is 1.35. The fourth-order valence-corrected chi connectivity index (χ4v) is 1.35. The molecule has 16 heavy (non-hydrogen) atoms. The third-order valence-electron chi connectivity index (χ3n) is 2.38. The van der Waals surface area contributed by atoms with Gasteiger partial charge >= 0.3 is 5.97 Å². The smallest absolute Gasteiger partial charge is 0.343 e. The van der Waals surface area contributed by atoms with E-state index in [1.807, 2.05) is 0 Å². The van der Waals surface area contributed by atoms with Gasteiger partial charge in [0, 0.05) is 6.04 Å². The SMILES string of the molecule is COC(=O)c1c(C(=O)NC2CC2)noc1C. The molecule has 0 bridgehead atoms. The molecule has 0 unspecified atom stereocenters. The number of aromatic nitrogens is 1. The van der Waals surface area contributed by atoms with Gasteiger partial charge in [0.05, 0.1) is 7.11 Å². The quantitative estimate of drug-likeness (QED) is 0.763. The minimum atomic E-state index is -0.611. The van der Waals surface area contributed by atoms with Crippen molar-refractivity contribution in [1.82, 2.24) is 10.5 Å². The van der Waals surface area contributed by atoms with Gasteiger partial charge in [-0.3, -0.25) is 4.79 Å². The number of carbonyl (C=O) groups is 2. The topological polar surface area (TPSA) is 81.4 Å². The molecule has 1 amide bonds. The first-order valence-electron chi connectivity index (χ1n) is 4.99. The summed E-state index contributed by atoms with van der Waals surface area (Å²) in [5, 5.41) is 6.31. The second-order valence-corrected chi connectivity index (χ2v) is 3.70. The molecule has 1 aromatic heterocycles. The van der Waals surface area contributed by atoms with Gasteiger partial charge in [-0.25, -0.2) is 4.79 Å². The van der Waals surface area contributed by atoms with Crippen molar-refractivity contribution < 1.29 is 18.8 Å². The van der Waals surface area contributed by atoms with Gasteiger partial charge in [-0.1, -0.05) is 5.16 Å². The third kappa shape index (κ3) is 1.91. The monoisotopic (exact) mass is 224 g/mol. The molecule has 1 N–H and O–H groups in total. The van der Waals surface area contributed by atoms with Crippen LogP contribution < -0.4 is 5.32 Å². The number of rotatable bonds is 3. The summed E-state index contributed by atoms with van der Waals surface area (Å²) in [6, 6.07) is 0.204. The normalized spacial score (nSPS) is 14.6. The summed E-state index contributed by atoms with van der Waals surface area (Å²) in [7, 11) is 1.25. The van der Waals surface area contributed by atoms with Crippen molar-refractivity contribution in [2.24, 2.45) is 0 Å². The van der Waals surface area contributed by atoms with Gasteiger partial charge in [0.2, 0.25) is 0 Å². The number of hydrogen-bond acceptors (Lipinski definition) is 5. The molecular formula is C10H12N2O4. The average Bonchev–Trinajstić information content (AvgIpc) is 2.98. The number of hydrogen-bond donors (Lipinski definition) is 1. The Bertz CT molecular complexity index is 434. The van der Waals surface area contributed by atoms with Crippen molar-refractivity contribution >= 4 is 11.9 Å². The van der Waals surface area contributed by atoms with Gasteiger partial charge < -0.3 is 14.6 Å². The molecule has 0 atom stereocenters. The van der Waals surface area contributed by atoms with Gasteiger partial charge in [0.15, 0.2) is 5.69 Å². The van der Waals surface area contributed by atoms with Crippen LogP contribution in [0.2, 0.25) is 0 Å². The Morgan fingerprint density at radius 2 is 2.19 bits per heavy atom. The van der Waals surface area contributed by atoms with Crippen LogP contribution in [0.15, 0.2) is 4.52 Å². The molecule has 0 spiro atoms. The van der Waals surface area contributed by atoms with Crippen molar-refractivity contribution in [3.8, 4) is 0 Å². The summed E-state index contributed by atoms with van der Waals surface area (Å²) < 4.78 is 9.40. The molecule has 1 heterocycles. The molecule has 0 aliphatic heterocycles. The highest BCUT2D eigenvalue weighted by Crippen LogP contribution is 2.21. The van der Waals surface area contributed by atoms with Crippen molar-refractivity contribution in [2.45, 2.75) is 25.8 Å². The molecular weight excluding hydrogens is 212 g/mol. The van der Waals surface area contributed by atoms with Crippen LogP contribution in [0.3, 0.4) is 0 Å². The second-order valence-electron chi connectivity index (χ2n) is 3.70. The van der Waals surface area contributed by atoms with Gasteiger partial charge in [0.25, 0.3) is 5.91 Å². The maximum Gasteiger partial charge on any atom is 0.343 e. The van der Waals surface area contributed by atoms with E-state index in [1.165, 1.54) is 7.11 Å². The number of aryl methyl sites for hydroxylation is 1. The predicted molar refractivity (Wildman–Crippen MR) is 53.1 cm³/mol. The van der Waals surface area contributed by atoms with Crippen molar-refractivity contribution in [3.05, 3.63) is 17.0 Å². The second kappa shape index (κ2) is 3.96. The Labute approximate surface area is 91.9 Å². The van der Waals surface area contributed by atoms with E-state index in [4.69, 9.17) is 4.52 Å². The van der Waals surface area contributed by atoms with Gasteiger partial charge in [-0.05, 0) is 19.8 Å². The van der Waals surface area contributed by atoms with E-state index < -0.39 is 5.97 Å². The van der Waals surface area contributed by atoms with Crippen LogP contribution in [-0.2, 0) is 4.74 Å². The summed E-state index contributed by atoms with van der Waals surface area (Å²) in [5.74, 6) is -0.716.